The standard InChI is InChI=1S/C18H38BO4Si.Li/c1-15(2)21-19(22-16(3)4,23-17(5)6)13-12-14-20-24(10,11)18(7,8)9;/h15-17H,14H2,1-11H3;/q-1;+1. The average Bonchev–Trinajstić information content (AvgIpc) is 2.30. The summed E-state index contributed by atoms with van der Waals surface area (Å²) in [6.07, 6.45) is -0.130. The Balaban J connectivity index is 0. The summed E-state index contributed by atoms with van der Waals surface area (Å²) < 4.78 is 24.0. The molecule has 0 atom stereocenters. The molecule has 0 aliphatic rings. The second-order valence-electron chi connectivity index (χ2n) is 8.57. The van der Waals surface area contributed by atoms with E-state index in [1.54, 1.807) is 0 Å². The Hall–Kier alpha value is 0.279. The van der Waals surface area contributed by atoms with Crippen LogP contribution in [-0.2, 0) is 18.4 Å². The quantitative estimate of drug-likeness (QED) is 0.486. The van der Waals surface area contributed by atoms with Gasteiger partial charge in [0.25, 0.3) is 0 Å². The number of rotatable bonds is 8. The molecule has 4 nitrogen and oxygen atoms in total. The molecule has 0 bridgehead atoms. The molecule has 0 fully saturated rings. The van der Waals surface area contributed by atoms with Gasteiger partial charge in [0.1, 0.15) is 0 Å². The predicted octanol–water partition coefficient (Wildman–Crippen LogP) is 1.77. The molecule has 0 aromatic carbocycles. The zero-order chi connectivity index (χ0) is 19.2. The van der Waals surface area contributed by atoms with E-state index in [1.165, 1.54) is 0 Å². The van der Waals surface area contributed by atoms with E-state index in [9.17, 15) is 0 Å². The Morgan fingerprint density at radius 3 is 1.48 bits per heavy atom. The van der Waals surface area contributed by atoms with E-state index >= 15 is 0 Å². The molecule has 0 aliphatic heterocycles. The summed E-state index contributed by atoms with van der Waals surface area (Å²) in [6.45, 7) is 21.1. The van der Waals surface area contributed by atoms with E-state index in [2.05, 4.69) is 45.6 Å². The van der Waals surface area contributed by atoms with Gasteiger partial charge in [0.2, 0.25) is 0 Å². The van der Waals surface area contributed by atoms with Gasteiger partial charge in [-0.2, -0.15) is 0 Å². The topological polar surface area (TPSA) is 36.9 Å². The van der Waals surface area contributed by atoms with Crippen molar-refractivity contribution in [3.63, 3.8) is 0 Å². The first-order valence-corrected chi connectivity index (χ1v) is 11.9. The maximum absolute atomic E-state index is 6.11. The molecule has 0 aliphatic carbocycles. The van der Waals surface area contributed by atoms with Crippen LogP contribution in [0.3, 0.4) is 0 Å². The molecule has 0 radical (unpaired) electrons. The molecule has 7 heteroatoms. The monoisotopic (exact) mass is 364 g/mol. The molecule has 142 valence electrons. The summed E-state index contributed by atoms with van der Waals surface area (Å²) in [5.41, 5.74) is 0. The molecule has 0 N–H and O–H groups in total. The van der Waals surface area contributed by atoms with Gasteiger partial charge in [0, 0.05) is 18.3 Å². The van der Waals surface area contributed by atoms with Crippen LogP contribution in [0.15, 0.2) is 0 Å². The van der Waals surface area contributed by atoms with Crippen molar-refractivity contribution in [2.75, 3.05) is 6.61 Å². The predicted molar refractivity (Wildman–Crippen MR) is 105 cm³/mol. The molecule has 0 saturated heterocycles. The van der Waals surface area contributed by atoms with E-state index < -0.39 is 15.1 Å². The van der Waals surface area contributed by atoms with Crippen LogP contribution in [0.4, 0.5) is 0 Å². The zero-order valence-corrected chi connectivity index (χ0v) is 19.6. The Kier molecular flexibility index (Phi) is 12.3. The molecule has 0 unspecified atom stereocenters. The van der Waals surface area contributed by atoms with E-state index in [1.807, 2.05) is 41.5 Å². The van der Waals surface area contributed by atoms with Crippen LogP contribution in [0.2, 0.25) is 18.1 Å². The molecule has 25 heavy (non-hydrogen) atoms. The third-order valence-electron chi connectivity index (χ3n) is 3.94. The third-order valence-corrected chi connectivity index (χ3v) is 8.42. The Bertz CT molecular complexity index is 410. The first-order valence-electron chi connectivity index (χ1n) is 9.01. The average molecular weight is 364 g/mol. The van der Waals surface area contributed by atoms with Crippen molar-refractivity contribution >= 4 is 15.1 Å². The van der Waals surface area contributed by atoms with Gasteiger partial charge >= 0.3 is 25.6 Å². The largest absolute Gasteiger partial charge is 1.00 e. The van der Waals surface area contributed by atoms with Crippen molar-refractivity contribution in [3.8, 4) is 11.7 Å². The molecule has 0 spiro atoms. The second-order valence-corrected chi connectivity index (χ2v) is 13.4. The molecule has 0 aromatic rings. The van der Waals surface area contributed by atoms with E-state index in [0.717, 1.165) is 0 Å². The minimum absolute atomic E-state index is 0. The minimum atomic E-state index is -2.12. The van der Waals surface area contributed by atoms with Crippen LogP contribution in [0.25, 0.3) is 0 Å². The SMILES string of the molecule is CC(C)O[B-](C#CCO[Si](C)(C)C(C)(C)C)(OC(C)C)OC(C)C.[Li+]. The van der Waals surface area contributed by atoms with Gasteiger partial charge in [-0.05, 0) is 59.7 Å². The van der Waals surface area contributed by atoms with Gasteiger partial charge in [0.05, 0.1) is 6.61 Å². The van der Waals surface area contributed by atoms with Gasteiger partial charge in [-0.3, -0.25) is 0 Å². The first kappa shape index (κ1) is 27.5. The summed E-state index contributed by atoms with van der Waals surface area (Å²) in [4.78, 5) is 0. The van der Waals surface area contributed by atoms with Crippen molar-refractivity contribution < 1.29 is 37.2 Å². The van der Waals surface area contributed by atoms with Crippen molar-refractivity contribution in [2.45, 2.75) is 98.8 Å². The minimum Gasteiger partial charge on any atom is -0.532 e. The van der Waals surface area contributed by atoms with Gasteiger partial charge in [-0.1, -0.05) is 20.8 Å². The van der Waals surface area contributed by atoms with Crippen LogP contribution >= 0.6 is 0 Å². The number of hydrogen-bond donors (Lipinski definition) is 0. The zero-order valence-electron chi connectivity index (χ0n) is 18.6. The van der Waals surface area contributed by atoms with Gasteiger partial charge in [0.15, 0.2) is 8.32 Å². The summed E-state index contributed by atoms with van der Waals surface area (Å²) in [6, 6.07) is 0. The molecule has 0 aromatic heterocycles. The van der Waals surface area contributed by atoms with Crippen molar-refractivity contribution in [3.05, 3.63) is 0 Å². The fourth-order valence-electron chi connectivity index (χ4n) is 1.87. The Morgan fingerprint density at radius 2 is 1.20 bits per heavy atom. The maximum atomic E-state index is 6.11. The van der Waals surface area contributed by atoms with Gasteiger partial charge in [-0.25, -0.2) is 5.82 Å². The second kappa shape index (κ2) is 11.2. The van der Waals surface area contributed by atoms with Crippen LogP contribution in [-0.4, -0.2) is 40.0 Å². The molecule has 0 rings (SSSR count). The molecular weight excluding hydrogens is 326 g/mol. The van der Waals surface area contributed by atoms with Gasteiger partial charge in [-0.15, -0.1) is 5.92 Å². The van der Waals surface area contributed by atoms with Crippen molar-refractivity contribution in [1.82, 2.24) is 0 Å². The van der Waals surface area contributed by atoms with E-state index in [4.69, 9.17) is 18.4 Å². The van der Waals surface area contributed by atoms with Crippen molar-refractivity contribution in [1.29, 1.82) is 0 Å². The van der Waals surface area contributed by atoms with Gasteiger partial charge < -0.3 is 18.4 Å². The molecule has 0 saturated carbocycles. The van der Waals surface area contributed by atoms with E-state index in [0.29, 0.717) is 6.61 Å². The fraction of sp³-hybridized carbons (Fsp3) is 0.889. The third kappa shape index (κ3) is 10.9. The Morgan fingerprint density at radius 1 is 0.840 bits per heavy atom. The van der Waals surface area contributed by atoms with Crippen LogP contribution in [0, 0.1) is 11.7 Å². The van der Waals surface area contributed by atoms with Crippen molar-refractivity contribution in [2.24, 2.45) is 0 Å². The summed E-state index contributed by atoms with van der Waals surface area (Å²) in [7, 11) is -1.82. The molecule has 0 heterocycles. The van der Waals surface area contributed by atoms with Crippen LogP contribution in [0.1, 0.15) is 62.3 Å². The van der Waals surface area contributed by atoms with Crippen LogP contribution in [0.5, 0.6) is 0 Å². The Labute approximate surface area is 169 Å². The molecule has 0 amide bonds. The first-order chi connectivity index (χ1) is 10.7. The summed E-state index contributed by atoms with van der Waals surface area (Å²) >= 11 is 0. The summed E-state index contributed by atoms with van der Waals surface area (Å²) in [5, 5.41) is 0.161. The van der Waals surface area contributed by atoms with Crippen LogP contribution < -0.4 is 18.9 Å². The normalized spacial score (nSPS) is 13.0. The number of hydrogen-bond acceptors (Lipinski definition) is 4. The van der Waals surface area contributed by atoms with E-state index in [-0.39, 0.29) is 42.2 Å². The fourth-order valence-corrected chi connectivity index (χ4v) is 2.74. The molecular formula is C18H38BLiO4Si. The smallest absolute Gasteiger partial charge is 0.532 e. The maximum Gasteiger partial charge on any atom is 1.00 e. The summed E-state index contributed by atoms with van der Waals surface area (Å²) in [5.74, 6) is 6.18.